The summed E-state index contributed by atoms with van der Waals surface area (Å²) in [7, 11) is 0. The molecule has 0 fully saturated rings. The number of aryl methyl sites for hydroxylation is 1. The van der Waals surface area contributed by atoms with Crippen molar-refractivity contribution in [3.05, 3.63) is 35.7 Å². The van der Waals surface area contributed by atoms with E-state index in [1.165, 1.54) is 12.1 Å². The van der Waals surface area contributed by atoms with Crippen molar-refractivity contribution < 1.29 is 14.6 Å². The third-order valence-corrected chi connectivity index (χ3v) is 4.13. The van der Waals surface area contributed by atoms with Crippen LogP contribution in [0.1, 0.15) is 35.9 Å². The fourth-order valence-corrected chi connectivity index (χ4v) is 2.69. The Morgan fingerprint density at radius 1 is 1.35 bits per heavy atom. The average Bonchev–Trinajstić information content (AvgIpc) is 2.89. The van der Waals surface area contributed by atoms with Gasteiger partial charge in [0.15, 0.2) is 5.82 Å². The Morgan fingerprint density at radius 2 is 2.09 bits per heavy atom. The van der Waals surface area contributed by atoms with Crippen LogP contribution in [-0.2, 0) is 6.42 Å². The van der Waals surface area contributed by atoms with E-state index >= 15 is 0 Å². The molecule has 23 heavy (non-hydrogen) atoms. The highest BCUT2D eigenvalue weighted by Gasteiger charge is 2.09. The van der Waals surface area contributed by atoms with Crippen LogP contribution < -0.4 is 10.6 Å². The number of aromatic carboxylic acids is 1. The fraction of sp³-hybridized carbons (Fsp3) is 0.400. The van der Waals surface area contributed by atoms with E-state index < -0.39 is 5.97 Å². The molecule has 1 heterocycles. The predicted octanol–water partition coefficient (Wildman–Crippen LogP) is 2.20. The quantitative estimate of drug-likeness (QED) is 0.411. The molecule has 0 saturated carbocycles. The highest BCUT2D eigenvalue weighted by atomic mass is 32.2. The minimum Gasteiger partial charge on any atom is -0.494 e. The molecule has 8 heteroatoms. The standard InChI is InChI=1S/C15H20N4O3S/c1-2-4-13-17-18-15(19(13)16)23-10-3-9-22-12-7-5-11(6-8-12)14(20)21/h5-8H,2-4,9-10,16H2,1H3,(H,20,21). The normalized spacial score (nSPS) is 10.7. The number of carbonyl (C=O) groups is 1. The lowest BCUT2D eigenvalue weighted by molar-refractivity contribution is 0.0697. The Kier molecular flexibility index (Phi) is 6.28. The van der Waals surface area contributed by atoms with Crippen molar-refractivity contribution in [3.8, 4) is 5.75 Å². The maximum absolute atomic E-state index is 10.7. The number of nitrogen functional groups attached to an aromatic ring is 1. The number of carboxylic acid groups (broad SMARTS) is 1. The molecule has 0 bridgehead atoms. The first-order chi connectivity index (χ1) is 11.1. The Morgan fingerprint density at radius 3 is 2.74 bits per heavy atom. The fourth-order valence-electron chi connectivity index (χ4n) is 1.91. The average molecular weight is 336 g/mol. The van der Waals surface area contributed by atoms with Gasteiger partial charge in [-0.05, 0) is 37.1 Å². The van der Waals surface area contributed by atoms with Crippen LogP contribution in [-0.4, -0.2) is 38.3 Å². The number of ether oxygens (including phenoxy) is 1. The van der Waals surface area contributed by atoms with E-state index in [9.17, 15) is 4.79 Å². The second kappa shape index (κ2) is 8.42. The van der Waals surface area contributed by atoms with Gasteiger partial charge in [0.05, 0.1) is 12.2 Å². The SMILES string of the molecule is CCCc1nnc(SCCCOc2ccc(C(=O)O)cc2)n1N. The highest BCUT2D eigenvalue weighted by Crippen LogP contribution is 2.17. The minimum atomic E-state index is -0.943. The smallest absolute Gasteiger partial charge is 0.335 e. The lowest BCUT2D eigenvalue weighted by Crippen LogP contribution is -2.14. The van der Waals surface area contributed by atoms with Gasteiger partial charge in [0.25, 0.3) is 0 Å². The number of carboxylic acids is 1. The monoisotopic (exact) mass is 336 g/mol. The van der Waals surface area contributed by atoms with Gasteiger partial charge in [-0.1, -0.05) is 18.7 Å². The van der Waals surface area contributed by atoms with Crippen molar-refractivity contribution in [1.82, 2.24) is 14.9 Å². The maximum atomic E-state index is 10.7. The van der Waals surface area contributed by atoms with Gasteiger partial charge in [0.1, 0.15) is 5.75 Å². The molecule has 0 aliphatic rings. The van der Waals surface area contributed by atoms with E-state index in [1.807, 2.05) is 0 Å². The number of aromatic nitrogens is 3. The first kappa shape index (κ1) is 17.1. The van der Waals surface area contributed by atoms with Gasteiger partial charge >= 0.3 is 5.97 Å². The van der Waals surface area contributed by atoms with Crippen LogP contribution in [0.4, 0.5) is 0 Å². The van der Waals surface area contributed by atoms with E-state index in [0.717, 1.165) is 30.8 Å². The third kappa shape index (κ3) is 4.88. The lowest BCUT2D eigenvalue weighted by atomic mass is 10.2. The van der Waals surface area contributed by atoms with Crippen LogP contribution >= 0.6 is 11.8 Å². The number of nitrogens with two attached hydrogens (primary N) is 1. The van der Waals surface area contributed by atoms with Crippen molar-refractivity contribution in [2.24, 2.45) is 0 Å². The number of nitrogens with zero attached hydrogens (tertiary/aromatic N) is 3. The van der Waals surface area contributed by atoms with Crippen LogP contribution in [0.25, 0.3) is 0 Å². The van der Waals surface area contributed by atoms with Crippen LogP contribution in [0, 0.1) is 0 Å². The molecule has 124 valence electrons. The summed E-state index contributed by atoms with van der Waals surface area (Å²) >= 11 is 1.54. The predicted molar refractivity (Wildman–Crippen MR) is 88.4 cm³/mol. The molecule has 0 radical (unpaired) electrons. The molecule has 2 aromatic rings. The summed E-state index contributed by atoms with van der Waals surface area (Å²) < 4.78 is 7.11. The minimum absolute atomic E-state index is 0.248. The highest BCUT2D eigenvalue weighted by molar-refractivity contribution is 7.99. The first-order valence-electron chi connectivity index (χ1n) is 7.40. The zero-order valence-electron chi connectivity index (χ0n) is 12.9. The van der Waals surface area contributed by atoms with Gasteiger partial charge in [0.2, 0.25) is 5.16 Å². The van der Waals surface area contributed by atoms with E-state index in [-0.39, 0.29) is 5.56 Å². The molecule has 2 rings (SSSR count). The van der Waals surface area contributed by atoms with Gasteiger partial charge in [-0.2, -0.15) is 0 Å². The number of thioether (sulfide) groups is 1. The molecule has 1 aromatic heterocycles. The van der Waals surface area contributed by atoms with Crippen LogP contribution in [0.5, 0.6) is 5.75 Å². The van der Waals surface area contributed by atoms with Crippen molar-refractivity contribution in [3.63, 3.8) is 0 Å². The molecule has 1 aromatic carbocycles. The van der Waals surface area contributed by atoms with Gasteiger partial charge in [-0.15, -0.1) is 10.2 Å². The third-order valence-electron chi connectivity index (χ3n) is 3.10. The summed E-state index contributed by atoms with van der Waals surface area (Å²) in [4.78, 5) is 10.7. The number of rotatable bonds is 9. The topological polar surface area (TPSA) is 103 Å². The summed E-state index contributed by atoms with van der Waals surface area (Å²) in [6.45, 7) is 2.61. The molecule has 0 aliphatic heterocycles. The first-order valence-corrected chi connectivity index (χ1v) is 8.38. The lowest BCUT2D eigenvalue weighted by Gasteiger charge is -2.06. The molecule has 0 saturated heterocycles. The van der Waals surface area contributed by atoms with Gasteiger partial charge in [-0.25, -0.2) is 9.47 Å². The molecule has 0 amide bonds. The molecular formula is C15H20N4O3S. The number of benzene rings is 1. The van der Waals surface area contributed by atoms with E-state index in [0.29, 0.717) is 17.5 Å². The molecule has 0 unspecified atom stereocenters. The van der Waals surface area contributed by atoms with Crippen molar-refractivity contribution >= 4 is 17.7 Å². The van der Waals surface area contributed by atoms with E-state index in [4.69, 9.17) is 15.7 Å². The van der Waals surface area contributed by atoms with Crippen LogP contribution in [0.3, 0.4) is 0 Å². The van der Waals surface area contributed by atoms with E-state index in [2.05, 4.69) is 17.1 Å². The van der Waals surface area contributed by atoms with Crippen molar-refractivity contribution in [2.75, 3.05) is 18.2 Å². The summed E-state index contributed by atoms with van der Waals surface area (Å²) in [5.41, 5.74) is 0.248. The molecule has 3 N–H and O–H groups in total. The molecule has 0 atom stereocenters. The zero-order valence-corrected chi connectivity index (χ0v) is 13.8. The number of hydrogen-bond acceptors (Lipinski definition) is 6. The van der Waals surface area contributed by atoms with Crippen LogP contribution in [0.15, 0.2) is 29.4 Å². The summed E-state index contributed by atoms with van der Waals surface area (Å²) in [5.74, 6) is 7.25. The Hall–Kier alpha value is -2.22. The largest absolute Gasteiger partial charge is 0.494 e. The van der Waals surface area contributed by atoms with Gasteiger partial charge < -0.3 is 15.7 Å². The Balaban J connectivity index is 1.70. The molecule has 7 nitrogen and oxygen atoms in total. The van der Waals surface area contributed by atoms with Crippen molar-refractivity contribution in [1.29, 1.82) is 0 Å². The second-order valence-corrected chi connectivity index (χ2v) is 5.96. The molecule has 0 spiro atoms. The Labute approximate surface area is 138 Å². The van der Waals surface area contributed by atoms with Gasteiger partial charge in [0, 0.05) is 12.2 Å². The summed E-state index contributed by atoms with van der Waals surface area (Å²) in [6, 6.07) is 6.37. The molecule has 0 aliphatic carbocycles. The summed E-state index contributed by atoms with van der Waals surface area (Å²) in [6.07, 6.45) is 2.62. The molecular weight excluding hydrogens is 316 g/mol. The second-order valence-electron chi connectivity index (χ2n) is 4.90. The van der Waals surface area contributed by atoms with Crippen LogP contribution in [0.2, 0.25) is 0 Å². The Bertz CT molecular complexity index is 643. The summed E-state index contributed by atoms with van der Waals surface area (Å²) in [5, 5.41) is 17.7. The zero-order chi connectivity index (χ0) is 16.7. The maximum Gasteiger partial charge on any atom is 0.335 e. The van der Waals surface area contributed by atoms with Gasteiger partial charge in [-0.3, -0.25) is 0 Å². The number of hydrogen-bond donors (Lipinski definition) is 2. The van der Waals surface area contributed by atoms with Crippen molar-refractivity contribution in [2.45, 2.75) is 31.3 Å². The van der Waals surface area contributed by atoms with E-state index in [1.54, 1.807) is 28.6 Å².